The zero-order valence-corrected chi connectivity index (χ0v) is 13.9. The van der Waals surface area contributed by atoms with E-state index >= 15 is 0 Å². The number of hydrogen-bond acceptors (Lipinski definition) is 5. The van der Waals surface area contributed by atoms with E-state index in [1.54, 1.807) is 0 Å². The van der Waals surface area contributed by atoms with Gasteiger partial charge in [-0.15, -0.1) is 10.2 Å². The van der Waals surface area contributed by atoms with Crippen molar-refractivity contribution in [1.29, 1.82) is 0 Å². The number of hydrazine groups is 1. The van der Waals surface area contributed by atoms with Crippen molar-refractivity contribution in [3.8, 4) is 0 Å². The van der Waals surface area contributed by atoms with Crippen LogP contribution in [0.2, 0.25) is 0 Å². The third-order valence-electron chi connectivity index (χ3n) is 4.51. The molecule has 1 aliphatic rings. The largest absolute Gasteiger partial charge is 0.345 e. The van der Waals surface area contributed by atoms with Gasteiger partial charge in [-0.05, 0) is 31.0 Å². The first-order valence-electron chi connectivity index (χ1n) is 8.38. The SMILES string of the molecule is CC(NC(=O)C1CC(c2ccccc2)NN1)c1nnc2ccccn12. The summed E-state index contributed by atoms with van der Waals surface area (Å²) < 4.78 is 1.89. The molecule has 0 radical (unpaired) electrons. The fourth-order valence-corrected chi connectivity index (χ4v) is 3.17. The molecule has 3 heterocycles. The molecular weight excluding hydrogens is 316 g/mol. The Kier molecular flexibility index (Phi) is 4.17. The van der Waals surface area contributed by atoms with Gasteiger partial charge in [0.1, 0.15) is 6.04 Å². The minimum absolute atomic E-state index is 0.0499. The highest BCUT2D eigenvalue weighted by molar-refractivity contribution is 5.82. The molecule has 7 nitrogen and oxygen atoms in total. The first kappa shape index (κ1) is 15.7. The minimum Gasteiger partial charge on any atom is -0.345 e. The number of nitrogens with zero attached hydrogens (tertiary/aromatic N) is 3. The molecule has 2 aromatic heterocycles. The molecule has 128 valence electrons. The Hall–Kier alpha value is -2.77. The minimum atomic E-state index is -0.285. The summed E-state index contributed by atoms with van der Waals surface area (Å²) in [4.78, 5) is 12.6. The van der Waals surface area contributed by atoms with Crippen molar-refractivity contribution in [3.63, 3.8) is 0 Å². The highest BCUT2D eigenvalue weighted by Gasteiger charge is 2.31. The standard InChI is InChI=1S/C18H20N6O/c1-12(17-23-22-16-9-5-6-10-24(16)17)19-18(25)15-11-14(20-21-15)13-7-3-2-4-8-13/h2-10,12,14-15,20-21H,11H2,1H3,(H,19,25). The summed E-state index contributed by atoms with van der Waals surface area (Å²) in [5, 5.41) is 11.4. The maximum absolute atomic E-state index is 12.6. The van der Waals surface area contributed by atoms with E-state index in [0.717, 1.165) is 11.5 Å². The Morgan fingerprint density at radius 2 is 1.96 bits per heavy atom. The Morgan fingerprint density at radius 1 is 1.16 bits per heavy atom. The van der Waals surface area contributed by atoms with Crippen LogP contribution in [0.5, 0.6) is 0 Å². The van der Waals surface area contributed by atoms with E-state index in [0.29, 0.717) is 6.42 Å². The van der Waals surface area contributed by atoms with Gasteiger partial charge < -0.3 is 5.32 Å². The molecule has 7 heteroatoms. The average molecular weight is 336 g/mol. The quantitative estimate of drug-likeness (QED) is 0.673. The first-order valence-corrected chi connectivity index (χ1v) is 8.38. The Balaban J connectivity index is 1.42. The van der Waals surface area contributed by atoms with Gasteiger partial charge in [-0.2, -0.15) is 0 Å². The van der Waals surface area contributed by atoms with Crippen LogP contribution in [0.25, 0.3) is 5.65 Å². The summed E-state index contributed by atoms with van der Waals surface area (Å²) in [7, 11) is 0. The Bertz CT molecular complexity index is 877. The van der Waals surface area contributed by atoms with Crippen LogP contribution >= 0.6 is 0 Å². The van der Waals surface area contributed by atoms with Crippen LogP contribution in [-0.2, 0) is 4.79 Å². The normalized spacial score (nSPS) is 21.3. The fraction of sp³-hybridized carbons (Fsp3) is 0.278. The van der Waals surface area contributed by atoms with Gasteiger partial charge in [-0.3, -0.25) is 9.20 Å². The molecule has 3 N–H and O–H groups in total. The van der Waals surface area contributed by atoms with E-state index < -0.39 is 0 Å². The molecule has 1 aliphatic heterocycles. The van der Waals surface area contributed by atoms with Crippen molar-refractivity contribution in [1.82, 2.24) is 30.8 Å². The molecule has 1 amide bonds. The van der Waals surface area contributed by atoms with Crippen molar-refractivity contribution >= 4 is 11.6 Å². The average Bonchev–Trinajstić information content (AvgIpc) is 3.30. The molecule has 1 fully saturated rings. The third-order valence-corrected chi connectivity index (χ3v) is 4.51. The molecule has 3 unspecified atom stereocenters. The predicted molar refractivity (Wildman–Crippen MR) is 93.4 cm³/mol. The molecule has 0 spiro atoms. The molecular formula is C18H20N6O. The smallest absolute Gasteiger partial charge is 0.239 e. The van der Waals surface area contributed by atoms with Crippen molar-refractivity contribution in [2.45, 2.75) is 31.5 Å². The Labute approximate surface area is 145 Å². The first-order chi connectivity index (χ1) is 12.2. The monoisotopic (exact) mass is 336 g/mol. The van der Waals surface area contributed by atoms with Crippen LogP contribution in [0.3, 0.4) is 0 Å². The number of carbonyl (C=O) groups is 1. The summed E-state index contributed by atoms with van der Waals surface area (Å²) in [6.07, 6.45) is 2.59. The maximum atomic E-state index is 12.6. The number of carbonyl (C=O) groups excluding carboxylic acids is 1. The van der Waals surface area contributed by atoms with E-state index in [1.165, 1.54) is 5.56 Å². The van der Waals surface area contributed by atoms with Gasteiger partial charge in [0.15, 0.2) is 11.5 Å². The predicted octanol–water partition coefficient (Wildman–Crippen LogP) is 1.51. The molecule has 4 rings (SSSR count). The molecule has 0 saturated carbocycles. The van der Waals surface area contributed by atoms with E-state index in [9.17, 15) is 4.79 Å². The van der Waals surface area contributed by atoms with Crippen LogP contribution in [0.15, 0.2) is 54.7 Å². The highest BCUT2D eigenvalue weighted by Crippen LogP contribution is 2.22. The van der Waals surface area contributed by atoms with Gasteiger partial charge in [0.2, 0.25) is 5.91 Å². The molecule has 3 aromatic rings. The third kappa shape index (κ3) is 3.11. The van der Waals surface area contributed by atoms with Crippen molar-refractivity contribution < 1.29 is 4.79 Å². The fourth-order valence-electron chi connectivity index (χ4n) is 3.17. The second kappa shape index (κ2) is 6.62. The molecule has 3 atom stereocenters. The summed E-state index contributed by atoms with van der Waals surface area (Å²) in [6, 6.07) is 15.4. The topological polar surface area (TPSA) is 83.4 Å². The van der Waals surface area contributed by atoms with E-state index in [1.807, 2.05) is 53.9 Å². The van der Waals surface area contributed by atoms with E-state index in [4.69, 9.17) is 0 Å². The lowest BCUT2D eigenvalue weighted by Gasteiger charge is -2.15. The summed E-state index contributed by atoms with van der Waals surface area (Å²) in [5.74, 6) is 0.667. The zero-order valence-electron chi connectivity index (χ0n) is 13.9. The number of pyridine rings is 1. The van der Waals surface area contributed by atoms with Gasteiger partial charge in [0, 0.05) is 12.2 Å². The molecule has 25 heavy (non-hydrogen) atoms. The lowest BCUT2D eigenvalue weighted by atomic mass is 10.0. The second-order valence-electron chi connectivity index (χ2n) is 6.26. The summed E-state index contributed by atoms with van der Waals surface area (Å²) >= 11 is 0. The number of rotatable bonds is 4. The summed E-state index contributed by atoms with van der Waals surface area (Å²) in [6.45, 7) is 1.92. The molecule has 1 aromatic carbocycles. The van der Waals surface area contributed by atoms with Gasteiger partial charge in [-0.25, -0.2) is 10.9 Å². The Morgan fingerprint density at radius 3 is 2.80 bits per heavy atom. The number of hydrogen-bond donors (Lipinski definition) is 3. The second-order valence-corrected chi connectivity index (χ2v) is 6.26. The van der Waals surface area contributed by atoms with Crippen molar-refractivity contribution in [3.05, 3.63) is 66.1 Å². The van der Waals surface area contributed by atoms with Crippen LogP contribution < -0.4 is 16.2 Å². The lowest BCUT2D eigenvalue weighted by molar-refractivity contribution is -0.123. The van der Waals surface area contributed by atoms with Crippen molar-refractivity contribution in [2.24, 2.45) is 0 Å². The van der Waals surface area contributed by atoms with Crippen LogP contribution in [0, 0.1) is 0 Å². The van der Waals surface area contributed by atoms with Gasteiger partial charge in [-0.1, -0.05) is 36.4 Å². The van der Waals surface area contributed by atoms with Crippen LogP contribution in [0.4, 0.5) is 0 Å². The number of fused-ring (bicyclic) bond motifs is 1. The number of nitrogens with one attached hydrogen (secondary N) is 3. The van der Waals surface area contributed by atoms with Gasteiger partial charge in [0.05, 0.1) is 6.04 Å². The van der Waals surface area contributed by atoms with Crippen LogP contribution in [0.1, 0.15) is 36.8 Å². The number of benzene rings is 1. The zero-order chi connectivity index (χ0) is 17.2. The number of amides is 1. The highest BCUT2D eigenvalue weighted by atomic mass is 16.2. The van der Waals surface area contributed by atoms with E-state index in [-0.39, 0.29) is 24.0 Å². The number of aromatic nitrogens is 3. The van der Waals surface area contributed by atoms with Gasteiger partial charge >= 0.3 is 0 Å². The molecule has 0 bridgehead atoms. The van der Waals surface area contributed by atoms with Gasteiger partial charge in [0.25, 0.3) is 0 Å². The summed E-state index contributed by atoms with van der Waals surface area (Å²) in [5.41, 5.74) is 8.22. The maximum Gasteiger partial charge on any atom is 0.239 e. The van der Waals surface area contributed by atoms with E-state index in [2.05, 4.69) is 38.5 Å². The lowest BCUT2D eigenvalue weighted by Crippen LogP contribution is -2.44. The molecule has 1 saturated heterocycles. The van der Waals surface area contributed by atoms with Crippen LogP contribution in [-0.4, -0.2) is 26.5 Å². The van der Waals surface area contributed by atoms with Crippen molar-refractivity contribution in [2.75, 3.05) is 0 Å². The molecule has 0 aliphatic carbocycles.